The fraction of sp³-hybridized carbons (Fsp3) is 0.238. The summed E-state index contributed by atoms with van der Waals surface area (Å²) in [5.74, 6) is -0.421. The number of aromatic nitrogens is 2. The van der Waals surface area contributed by atoms with Gasteiger partial charge < -0.3 is 9.99 Å². The van der Waals surface area contributed by atoms with Crippen LogP contribution in [0.4, 0.5) is 4.39 Å². The fourth-order valence-electron chi connectivity index (χ4n) is 4.04. The van der Waals surface area contributed by atoms with Crippen molar-refractivity contribution in [3.8, 4) is 0 Å². The van der Waals surface area contributed by atoms with Crippen LogP contribution in [0.25, 0.3) is 10.8 Å². The van der Waals surface area contributed by atoms with Crippen molar-refractivity contribution in [2.45, 2.75) is 6.42 Å². The van der Waals surface area contributed by atoms with E-state index < -0.39 is 13.0 Å². The molecule has 31 heavy (non-hydrogen) atoms. The minimum Gasteiger partial charge on any atom is -0.318 e. The maximum Gasteiger partial charge on any atom is 0.272 e. The highest BCUT2D eigenvalue weighted by molar-refractivity contribution is 8.00. The van der Waals surface area contributed by atoms with E-state index in [1.54, 1.807) is 18.2 Å². The van der Waals surface area contributed by atoms with Gasteiger partial charge in [0.05, 0.1) is 11.1 Å². The quantitative estimate of drug-likeness (QED) is 0.461. The molecule has 3 heterocycles. The van der Waals surface area contributed by atoms with E-state index in [1.165, 1.54) is 18.0 Å². The molecular weight excluding hydrogens is 436 g/mol. The third kappa shape index (κ3) is 3.94. The minimum absolute atomic E-state index is 0.240. The molecule has 2 aliphatic heterocycles. The Labute approximate surface area is 182 Å². The number of H-pyrrole nitrogens is 1. The van der Waals surface area contributed by atoms with Gasteiger partial charge >= 0.3 is 0 Å². The highest BCUT2D eigenvalue weighted by Gasteiger charge is 2.35. The summed E-state index contributed by atoms with van der Waals surface area (Å²) in [4.78, 5) is 12.0. The van der Waals surface area contributed by atoms with E-state index in [9.17, 15) is 13.8 Å². The van der Waals surface area contributed by atoms with Crippen LogP contribution in [-0.4, -0.2) is 45.1 Å². The van der Waals surface area contributed by atoms with Gasteiger partial charge in [-0.05, 0) is 35.7 Å². The molecule has 7 nitrogen and oxygen atoms in total. The summed E-state index contributed by atoms with van der Waals surface area (Å²) in [6, 6.07) is 12.1. The van der Waals surface area contributed by atoms with Crippen molar-refractivity contribution >= 4 is 35.2 Å². The second-order valence-corrected chi connectivity index (χ2v) is 11.6. The number of nitrogens with zero attached hydrogens (tertiary/aromatic N) is 3. The highest BCUT2D eigenvalue weighted by atomic mass is 32.2. The number of rotatable bonds is 4. The molecule has 0 bridgehead atoms. The number of hydrogen-bond acceptors (Lipinski definition) is 7. The topological polar surface area (TPSA) is 81.3 Å². The molecule has 0 aliphatic carbocycles. The van der Waals surface area contributed by atoms with Gasteiger partial charge in [0, 0.05) is 54.1 Å². The van der Waals surface area contributed by atoms with E-state index >= 15 is 0 Å². The summed E-state index contributed by atoms with van der Waals surface area (Å²) < 4.78 is 30.3. The molecule has 10 heteroatoms. The number of fused-ring (bicyclic) bond motifs is 1. The van der Waals surface area contributed by atoms with Crippen LogP contribution in [0.1, 0.15) is 11.3 Å². The summed E-state index contributed by atoms with van der Waals surface area (Å²) in [6.07, 6.45) is 3.10. The Hall–Kier alpha value is -2.45. The molecule has 0 unspecified atom stereocenters. The van der Waals surface area contributed by atoms with Crippen LogP contribution < -0.4 is 16.3 Å². The molecule has 2 N–H and O–H groups in total. The Kier molecular flexibility index (Phi) is 5.44. The van der Waals surface area contributed by atoms with Gasteiger partial charge in [-0.25, -0.2) is 14.5 Å². The molecule has 0 atom stereocenters. The molecule has 3 aromatic rings. The zero-order valence-corrected chi connectivity index (χ0v) is 18.3. The van der Waals surface area contributed by atoms with Crippen molar-refractivity contribution in [1.29, 1.82) is 0 Å². The number of hydrazine groups is 2. The lowest BCUT2D eigenvalue weighted by molar-refractivity contribution is 0.0555. The smallest absolute Gasteiger partial charge is 0.272 e. The van der Waals surface area contributed by atoms with Gasteiger partial charge in [0.2, 0.25) is 0 Å². The molecular formula is C21H21FN5O2PS. The fourth-order valence-corrected chi connectivity index (χ4v) is 7.37. The van der Waals surface area contributed by atoms with Crippen LogP contribution in [0.15, 0.2) is 58.9 Å². The zero-order valence-electron chi connectivity index (χ0n) is 16.6. The first-order valence-corrected chi connectivity index (χ1v) is 12.9. The second-order valence-electron chi connectivity index (χ2n) is 7.61. The maximum atomic E-state index is 14.8. The molecule has 0 radical (unpaired) electrons. The molecule has 2 aromatic carbocycles. The van der Waals surface area contributed by atoms with Gasteiger partial charge in [0.15, 0.2) is 0 Å². The van der Waals surface area contributed by atoms with Crippen LogP contribution in [0.5, 0.6) is 0 Å². The van der Waals surface area contributed by atoms with Gasteiger partial charge in [-0.2, -0.15) is 5.10 Å². The van der Waals surface area contributed by atoms with Crippen LogP contribution in [0, 0.1) is 5.82 Å². The molecule has 2 aliphatic rings. The number of halogens is 1. The molecule has 0 amide bonds. The van der Waals surface area contributed by atoms with Crippen molar-refractivity contribution in [3.63, 3.8) is 0 Å². The van der Waals surface area contributed by atoms with E-state index in [0.29, 0.717) is 48.2 Å². The molecule has 0 saturated carbocycles. The van der Waals surface area contributed by atoms with Crippen LogP contribution in [-0.2, 0) is 11.0 Å². The Morgan fingerprint density at radius 3 is 2.65 bits per heavy atom. The van der Waals surface area contributed by atoms with Crippen molar-refractivity contribution < 1.29 is 8.96 Å². The van der Waals surface area contributed by atoms with Crippen molar-refractivity contribution in [3.05, 3.63) is 81.5 Å². The Balaban J connectivity index is 1.41. The minimum atomic E-state index is -2.85. The summed E-state index contributed by atoms with van der Waals surface area (Å²) in [5, 5.41) is 12.4. The third-order valence-electron chi connectivity index (χ3n) is 5.71. The summed E-state index contributed by atoms with van der Waals surface area (Å²) in [6.45, 7) is 1.18. The molecule has 160 valence electrons. The zero-order chi connectivity index (χ0) is 21.4. The average molecular weight is 457 g/mol. The van der Waals surface area contributed by atoms with Crippen LogP contribution in [0.2, 0.25) is 0 Å². The summed E-state index contributed by atoms with van der Waals surface area (Å²) >= 11 is 1.53. The predicted molar refractivity (Wildman–Crippen MR) is 122 cm³/mol. The number of benzene rings is 2. The highest BCUT2D eigenvalue weighted by Crippen LogP contribution is 2.47. The molecule has 1 saturated heterocycles. The van der Waals surface area contributed by atoms with E-state index in [2.05, 4.69) is 20.6 Å². The van der Waals surface area contributed by atoms with Gasteiger partial charge in [-0.15, -0.1) is 0 Å². The van der Waals surface area contributed by atoms with Gasteiger partial charge in [-0.1, -0.05) is 28.8 Å². The largest absolute Gasteiger partial charge is 0.318 e. The van der Waals surface area contributed by atoms with E-state index in [4.69, 9.17) is 0 Å². The van der Waals surface area contributed by atoms with Crippen molar-refractivity contribution in [2.75, 3.05) is 25.4 Å². The average Bonchev–Trinajstić information content (AvgIpc) is 3.32. The monoisotopic (exact) mass is 457 g/mol. The first-order valence-electron chi connectivity index (χ1n) is 10.00. The molecule has 0 spiro atoms. The number of aromatic amines is 1. The van der Waals surface area contributed by atoms with Crippen molar-refractivity contribution in [1.82, 2.24) is 25.2 Å². The van der Waals surface area contributed by atoms with E-state index in [1.807, 2.05) is 34.3 Å². The Morgan fingerprint density at radius 2 is 1.90 bits per heavy atom. The molecule has 5 rings (SSSR count). The summed E-state index contributed by atoms with van der Waals surface area (Å²) in [5.41, 5.74) is 4.38. The predicted octanol–water partition coefficient (Wildman–Crippen LogP) is 2.81. The number of hydrogen-bond donors (Lipinski definition) is 2. The van der Waals surface area contributed by atoms with Gasteiger partial charge in [-0.3, -0.25) is 4.79 Å². The lowest BCUT2D eigenvalue weighted by Gasteiger charge is -2.36. The lowest BCUT2D eigenvalue weighted by atomic mass is 10.0. The Morgan fingerprint density at radius 1 is 1.13 bits per heavy atom. The van der Waals surface area contributed by atoms with Crippen LogP contribution >= 0.6 is 19.1 Å². The van der Waals surface area contributed by atoms with Crippen LogP contribution in [0.3, 0.4) is 0 Å². The van der Waals surface area contributed by atoms with Gasteiger partial charge in [0.1, 0.15) is 13.0 Å². The summed E-state index contributed by atoms with van der Waals surface area (Å²) in [7, 11) is -2.85. The third-order valence-corrected chi connectivity index (χ3v) is 9.56. The second kappa shape index (κ2) is 8.24. The molecule has 1 fully saturated rings. The lowest BCUT2D eigenvalue weighted by Crippen LogP contribution is -2.48. The normalized spacial score (nSPS) is 19.0. The first-order chi connectivity index (χ1) is 15.0. The van der Waals surface area contributed by atoms with Gasteiger partial charge in [0.25, 0.3) is 5.56 Å². The van der Waals surface area contributed by atoms with Crippen molar-refractivity contribution in [2.24, 2.45) is 0 Å². The first kappa shape index (κ1) is 20.5. The van der Waals surface area contributed by atoms with E-state index in [-0.39, 0.29) is 5.56 Å². The SMILES string of the molecule is O=c1[nH]nc(Cc2ccc(F)c(P3(=O)CCN(N4NC=CS4)CC3)c2)c2ccccc12. The standard InChI is InChI=1S/C21H21FN5O2PS/c22-18-6-5-15(13-19-16-3-1-2-4-17(16)21(28)25-24-19)14-20(18)30(29)10-8-26(9-11-30)27-23-7-12-31-27/h1-7,12,14,23H,8-11,13H2,(H,25,28). The number of nitrogens with one attached hydrogen (secondary N) is 2. The Bertz CT molecular complexity index is 1260. The van der Waals surface area contributed by atoms with E-state index in [0.717, 1.165) is 10.9 Å². The maximum absolute atomic E-state index is 14.8. The molecule has 1 aromatic heterocycles.